The number of pyridine rings is 2. The first-order chi connectivity index (χ1) is 28.6. The van der Waals surface area contributed by atoms with Gasteiger partial charge < -0.3 is 58.8 Å². The molecule has 0 saturated carbocycles. The minimum Gasteiger partial charge on any atom is -0.497 e. The summed E-state index contributed by atoms with van der Waals surface area (Å²) >= 11 is 0. The second-order valence-electron chi connectivity index (χ2n) is 14.3. The van der Waals surface area contributed by atoms with E-state index in [9.17, 15) is 29.1 Å². The fourth-order valence-corrected chi connectivity index (χ4v) is 7.44. The van der Waals surface area contributed by atoms with Crippen molar-refractivity contribution in [1.29, 1.82) is 0 Å². The molecule has 1 saturated heterocycles. The lowest BCUT2D eigenvalue weighted by atomic mass is 9.88. The second kappa shape index (κ2) is 19.0. The van der Waals surface area contributed by atoms with Crippen LogP contribution in [-0.4, -0.2) is 111 Å². The van der Waals surface area contributed by atoms with E-state index in [0.29, 0.717) is 78.0 Å². The summed E-state index contributed by atoms with van der Waals surface area (Å²) in [6.45, 7) is 4.46. The van der Waals surface area contributed by atoms with Gasteiger partial charge in [0.1, 0.15) is 31.0 Å². The Labute approximate surface area is 340 Å². The molecule has 16 nitrogen and oxygen atoms in total. The highest BCUT2D eigenvalue weighted by atomic mass is 16.6. The molecule has 0 bridgehead atoms. The van der Waals surface area contributed by atoms with Crippen molar-refractivity contribution < 1.29 is 38.4 Å². The van der Waals surface area contributed by atoms with E-state index in [0.717, 1.165) is 43.0 Å². The molecule has 0 atom stereocenters. The van der Waals surface area contributed by atoms with Gasteiger partial charge in [0.15, 0.2) is 11.5 Å². The number of benzene rings is 3. The van der Waals surface area contributed by atoms with Crippen LogP contribution in [0.15, 0.2) is 76.3 Å². The number of rotatable bonds is 13. The molecule has 1 fully saturated rings. The summed E-state index contributed by atoms with van der Waals surface area (Å²) in [6.07, 6.45) is 2.21. The molecule has 312 valence electrons. The van der Waals surface area contributed by atoms with Crippen LogP contribution in [0.3, 0.4) is 0 Å². The summed E-state index contributed by atoms with van der Waals surface area (Å²) in [4.78, 5) is 62.4. The highest BCUT2D eigenvalue weighted by molar-refractivity contribution is 6.07. The molecule has 7 rings (SSSR count). The Morgan fingerprint density at radius 1 is 0.763 bits per heavy atom. The number of hydrogen-bond acceptors (Lipinski definition) is 12. The molecule has 2 amide bonds. The van der Waals surface area contributed by atoms with Crippen molar-refractivity contribution in [3.05, 3.63) is 104 Å². The summed E-state index contributed by atoms with van der Waals surface area (Å²) in [5.74, 6) is 2.05. The number of hydrogen-bond donors (Lipinski definition) is 4. The maximum Gasteiger partial charge on any atom is 0.252 e. The van der Waals surface area contributed by atoms with Gasteiger partial charge in [-0.25, -0.2) is 0 Å². The molecule has 4 N–H and O–H groups in total. The number of amides is 2. The lowest BCUT2D eigenvalue weighted by Gasteiger charge is -2.41. The average molecular weight is 811 g/mol. The van der Waals surface area contributed by atoms with Gasteiger partial charge in [0, 0.05) is 87.4 Å². The van der Waals surface area contributed by atoms with Gasteiger partial charge in [-0.2, -0.15) is 0 Å². The summed E-state index contributed by atoms with van der Waals surface area (Å²) in [5, 5.41) is 20.3. The summed E-state index contributed by atoms with van der Waals surface area (Å²) in [6, 6.07) is 19.0. The number of likely N-dealkylation sites (tertiary alicyclic amines) is 1. The zero-order chi connectivity index (χ0) is 42.1. The fraction of sp³-hybridized carbons (Fsp3) is 0.372. The Morgan fingerprint density at radius 3 is 1.86 bits per heavy atom. The number of aliphatic hydroxyl groups excluding tert-OH is 1. The minimum absolute atomic E-state index is 0.0518. The normalized spacial score (nSPS) is 14.5. The van der Waals surface area contributed by atoms with E-state index in [1.54, 1.807) is 49.1 Å². The third-order valence-corrected chi connectivity index (χ3v) is 10.9. The van der Waals surface area contributed by atoms with Gasteiger partial charge >= 0.3 is 0 Å². The number of carbonyl (C=O) groups is 3. The predicted octanol–water partition coefficient (Wildman–Crippen LogP) is 2.33. The van der Waals surface area contributed by atoms with Gasteiger partial charge in [0.05, 0.1) is 49.5 Å². The van der Waals surface area contributed by atoms with Crippen LogP contribution in [0.4, 0.5) is 0 Å². The Kier molecular flexibility index (Phi) is 13.7. The van der Waals surface area contributed by atoms with Crippen LogP contribution in [0.1, 0.15) is 39.1 Å². The Bertz CT molecular complexity index is 2450. The molecule has 5 aromatic rings. The quantitative estimate of drug-likeness (QED) is 0.127. The van der Waals surface area contributed by atoms with Crippen molar-refractivity contribution in [1.82, 2.24) is 30.0 Å². The van der Waals surface area contributed by atoms with Crippen molar-refractivity contribution in [2.24, 2.45) is 0 Å². The van der Waals surface area contributed by atoms with Crippen molar-refractivity contribution in [3.63, 3.8) is 0 Å². The number of fused-ring (bicyclic) bond motifs is 3. The molecule has 0 spiro atoms. The van der Waals surface area contributed by atoms with E-state index in [1.165, 1.54) is 30.9 Å². The standard InChI is InChI=1S/C29H36N4O6.C14H14N2O4/c1-30-28(36)23-17-27(35)33(24-16-21(37-2)4-5-22(23)24)12-11-32-9-7-29(19-34,8-10-32)31-18-20-3-6-25-26(15-20)39-14-13-38-25;1-15-14(19)11-8-13(18)16(5-6-17)12-7-9(20-2)3-4-10(11)12/h3-6,15-17,31,34H,7-14,18-19H2,1-2H3,(H,30,36);3-4,6-8H,5H2,1-2H3,(H,15,19). The Hall–Kier alpha value is -6.23. The Morgan fingerprint density at radius 2 is 1.32 bits per heavy atom. The van der Waals surface area contributed by atoms with Crippen LogP contribution >= 0.6 is 0 Å². The number of aldehydes is 1. The van der Waals surface area contributed by atoms with Crippen molar-refractivity contribution in [2.45, 2.75) is 38.0 Å². The largest absolute Gasteiger partial charge is 0.497 e. The average Bonchev–Trinajstić information content (AvgIpc) is 3.28. The molecule has 2 aliphatic rings. The van der Waals surface area contributed by atoms with E-state index < -0.39 is 5.56 Å². The molecule has 3 aromatic carbocycles. The number of nitrogens with zero attached hydrogens (tertiary/aromatic N) is 3. The summed E-state index contributed by atoms with van der Waals surface area (Å²) in [5.41, 5.74) is 1.87. The van der Waals surface area contributed by atoms with Crippen molar-refractivity contribution >= 4 is 39.9 Å². The lowest BCUT2D eigenvalue weighted by molar-refractivity contribution is -0.108. The van der Waals surface area contributed by atoms with Gasteiger partial charge in [-0.05, 0) is 54.8 Å². The molecular weight excluding hydrogens is 761 g/mol. The number of nitrogens with one attached hydrogen (secondary N) is 3. The predicted molar refractivity (Wildman–Crippen MR) is 222 cm³/mol. The third-order valence-electron chi connectivity index (χ3n) is 10.9. The van der Waals surface area contributed by atoms with Gasteiger partial charge in [-0.3, -0.25) is 19.2 Å². The van der Waals surface area contributed by atoms with Gasteiger partial charge in [0.2, 0.25) is 0 Å². The zero-order valence-electron chi connectivity index (χ0n) is 33.7. The monoisotopic (exact) mass is 810 g/mol. The highest BCUT2D eigenvalue weighted by Gasteiger charge is 2.33. The number of methoxy groups -OCH3 is 2. The first-order valence-electron chi connectivity index (χ1n) is 19.3. The maximum atomic E-state index is 13.1. The smallest absolute Gasteiger partial charge is 0.252 e. The second-order valence-corrected chi connectivity index (χ2v) is 14.3. The number of carbonyl (C=O) groups excluding carboxylic acids is 3. The van der Waals surface area contributed by atoms with Crippen LogP contribution in [0.2, 0.25) is 0 Å². The fourth-order valence-electron chi connectivity index (χ4n) is 7.44. The zero-order valence-corrected chi connectivity index (χ0v) is 33.7. The van der Waals surface area contributed by atoms with E-state index in [1.807, 2.05) is 24.3 Å². The summed E-state index contributed by atoms with van der Waals surface area (Å²) in [7, 11) is 6.13. The number of piperidine rings is 1. The van der Waals surface area contributed by atoms with Crippen molar-refractivity contribution in [3.8, 4) is 23.0 Å². The van der Waals surface area contributed by atoms with Crippen LogP contribution in [0.25, 0.3) is 21.8 Å². The van der Waals surface area contributed by atoms with Crippen LogP contribution in [-0.2, 0) is 24.4 Å². The minimum atomic E-state index is -0.406. The number of aliphatic hydroxyl groups is 1. The number of ether oxygens (including phenoxy) is 4. The van der Waals surface area contributed by atoms with E-state index >= 15 is 0 Å². The molecule has 16 heteroatoms. The molecule has 0 radical (unpaired) electrons. The molecule has 4 heterocycles. The topological polar surface area (TPSA) is 192 Å². The highest BCUT2D eigenvalue weighted by Crippen LogP contribution is 2.32. The van der Waals surface area contributed by atoms with Gasteiger partial charge in [-0.1, -0.05) is 6.07 Å². The third kappa shape index (κ3) is 9.40. The van der Waals surface area contributed by atoms with Crippen LogP contribution < -0.4 is 46.0 Å². The molecule has 0 aliphatic carbocycles. The summed E-state index contributed by atoms with van der Waals surface area (Å²) < 4.78 is 24.8. The first kappa shape index (κ1) is 42.4. The molecule has 2 aromatic heterocycles. The Balaban J connectivity index is 0.000000246. The van der Waals surface area contributed by atoms with Gasteiger partial charge in [-0.15, -0.1) is 0 Å². The van der Waals surface area contributed by atoms with Gasteiger partial charge in [0.25, 0.3) is 22.9 Å². The van der Waals surface area contributed by atoms with E-state index in [2.05, 4.69) is 20.9 Å². The van der Waals surface area contributed by atoms with E-state index in [-0.39, 0.29) is 41.6 Å². The molecular formula is C43H50N6O10. The molecule has 2 aliphatic heterocycles. The number of aromatic nitrogens is 2. The first-order valence-corrected chi connectivity index (χ1v) is 19.3. The van der Waals surface area contributed by atoms with Crippen LogP contribution in [0.5, 0.6) is 23.0 Å². The van der Waals surface area contributed by atoms with E-state index in [4.69, 9.17) is 18.9 Å². The SMILES string of the molecule is CNC(=O)c1cc(=O)n(CC=O)c2cc(OC)ccc12.CNC(=O)c1cc(=O)n(CCN2CCC(CO)(NCc3ccc4c(c3)OCCO4)CC2)c2cc(OC)ccc12. The molecule has 59 heavy (non-hydrogen) atoms. The maximum absolute atomic E-state index is 13.1. The lowest BCUT2D eigenvalue weighted by Crippen LogP contribution is -2.55. The molecule has 0 unspecified atom stereocenters. The van der Waals surface area contributed by atoms with Crippen LogP contribution in [0, 0.1) is 0 Å². The van der Waals surface area contributed by atoms with Crippen molar-refractivity contribution in [2.75, 3.05) is 67.8 Å².